The van der Waals surface area contributed by atoms with E-state index < -0.39 is 0 Å². The Kier molecular flexibility index (Phi) is 5.08. The van der Waals surface area contributed by atoms with Crippen LogP contribution in [0.15, 0.2) is 24.3 Å². The summed E-state index contributed by atoms with van der Waals surface area (Å²) in [5.41, 5.74) is 2.67. The minimum atomic E-state index is -0.242. The van der Waals surface area contributed by atoms with E-state index >= 15 is 0 Å². The second-order valence-electron chi connectivity index (χ2n) is 6.35. The fraction of sp³-hybridized carbons (Fsp3) is 0.500. The standard InChI is InChI=1S/C18H24FN3O/c1-13-10-18(16-11-14(19)5-6-17(16)21-13)20-7-3-9-22-8-2-4-15(23)12-22/h5-6,10-11,15,23H,2-4,7-9,12H2,1H3,(H,20,21)/t15-/m0/s1. The Hall–Kier alpha value is -1.72. The number of nitrogens with zero attached hydrogens (tertiary/aromatic N) is 2. The van der Waals surface area contributed by atoms with Gasteiger partial charge in [0.25, 0.3) is 0 Å². The Morgan fingerprint density at radius 2 is 2.26 bits per heavy atom. The first-order chi connectivity index (χ1) is 11.1. The summed E-state index contributed by atoms with van der Waals surface area (Å²) in [6, 6.07) is 6.66. The van der Waals surface area contributed by atoms with Gasteiger partial charge in [0.15, 0.2) is 0 Å². The van der Waals surface area contributed by atoms with Crippen molar-refractivity contribution in [3.8, 4) is 0 Å². The summed E-state index contributed by atoms with van der Waals surface area (Å²) in [5.74, 6) is -0.242. The fourth-order valence-corrected chi connectivity index (χ4v) is 3.24. The molecular weight excluding hydrogens is 293 g/mol. The molecule has 1 saturated heterocycles. The van der Waals surface area contributed by atoms with E-state index in [9.17, 15) is 9.50 Å². The molecule has 1 aromatic heterocycles. The van der Waals surface area contributed by atoms with Crippen LogP contribution >= 0.6 is 0 Å². The summed E-state index contributed by atoms with van der Waals surface area (Å²) in [6.07, 6.45) is 2.81. The maximum atomic E-state index is 13.5. The van der Waals surface area contributed by atoms with Crippen molar-refractivity contribution < 1.29 is 9.50 Å². The zero-order chi connectivity index (χ0) is 16.2. The van der Waals surface area contributed by atoms with Crippen LogP contribution in [0.4, 0.5) is 10.1 Å². The van der Waals surface area contributed by atoms with E-state index in [1.54, 1.807) is 6.07 Å². The van der Waals surface area contributed by atoms with Gasteiger partial charge in [0, 0.05) is 29.9 Å². The molecule has 0 aliphatic carbocycles. The second kappa shape index (κ2) is 7.23. The first-order valence-electron chi connectivity index (χ1n) is 8.33. The van der Waals surface area contributed by atoms with Crippen molar-refractivity contribution in [2.45, 2.75) is 32.3 Å². The molecule has 4 nitrogen and oxygen atoms in total. The van der Waals surface area contributed by atoms with Crippen molar-refractivity contribution in [1.29, 1.82) is 0 Å². The average Bonchev–Trinajstić information content (AvgIpc) is 2.52. The Balaban J connectivity index is 1.59. The van der Waals surface area contributed by atoms with Gasteiger partial charge in [-0.1, -0.05) is 0 Å². The van der Waals surface area contributed by atoms with Gasteiger partial charge >= 0.3 is 0 Å². The lowest BCUT2D eigenvalue weighted by molar-refractivity contribution is 0.0706. The normalized spacial score (nSPS) is 19.2. The molecule has 0 unspecified atom stereocenters. The molecule has 1 aliphatic heterocycles. The Bertz CT molecular complexity index is 677. The molecule has 1 fully saturated rings. The molecule has 0 amide bonds. The molecule has 124 valence electrons. The molecule has 23 heavy (non-hydrogen) atoms. The Morgan fingerprint density at radius 1 is 1.39 bits per heavy atom. The molecular formula is C18H24FN3O. The first kappa shape index (κ1) is 16.1. The number of aromatic nitrogens is 1. The summed E-state index contributed by atoms with van der Waals surface area (Å²) in [7, 11) is 0. The predicted molar refractivity (Wildman–Crippen MR) is 91.2 cm³/mol. The van der Waals surface area contributed by atoms with Crippen LogP contribution in [0.5, 0.6) is 0 Å². The molecule has 0 bridgehead atoms. The summed E-state index contributed by atoms with van der Waals surface area (Å²) in [6.45, 7) is 5.59. The highest BCUT2D eigenvalue weighted by Gasteiger charge is 2.16. The van der Waals surface area contributed by atoms with Crippen molar-refractivity contribution in [3.05, 3.63) is 35.8 Å². The van der Waals surface area contributed by atoms with E-state index in [1.807, 2.05) is 13.0 Å². The van der Waals surface area contributed by atoms with Gasteiger partial charge < -0.3 is 15.3 Å². The van der Waals surface area contributed by atoms with Crippen LogP contribution in [0.25, 0.3) is 10.9 Å². The molecule has 2 heterocycles. The smallest absolute Gasteiger partial charge is 0.124 e. The number of likely N-dealkylation sites (tertiary alicyclic amines) is 1. The Labute approximate surface area is 136 Å². The van der Waals surface area contributed by atoms with Gasteiger partial charge in [-0.15, -0.1) is 0 Å². The number of piperidine rings is 1. The van der Waals surface area contributed by atoms with Crippen LogP contribution in [-0.4, -0.2) is 47.3 Å². The molecule has 0 spiro atoms. The van der Waals surface area contributed by atoms with Crippen LogP contribution < -0.4 is 5.32 Å². The van der Waals surface area contributed by atoms with Crippen LogP contribution in [-0.2, 0) is 0 Å². The number of pyridine rings is 1. The van der Waals surface area contributed by atoms with Gasteiger partial charge in [-0.3, -0.25) is 4.98 Å². The number of rotatable bonds is 5. The monoisotopic (exact) mass is 317 g/mol. The van der Waals surface area contributed by atoms with Crippen molar-refractivity contribution in [3.63, 3.8) is 0 Å². The maximum absolute atomic E-state index is 13.5. The van der Waals surface area contributed by atoms with E-state index in [2.05, 4.69) is 15.2 Å². The predicted octanol–water partition coefficient (Wildman–Crippen LogP) is 2.94. The number of aliphatic hydroxyl groups excluding tert-OH is 1. The van der Waals surface area contributed by atoms with Crippen LogP contribution in [0.1, 0.15) is 25.0 Å². The van der Waals surface area contributed by atoms with E-state index in [0.717, 1.165) is 67.7 Å². The van der Waals surface area contributed by atoms with Gasteiger partial charge in [0.2, 0.25) is 0 Å². The van der Waals surface area contributed by atoms with Crippen LogP contribution in [0.2, 0.25) is 0 Å². The number of aryl methyl sites for hydroxylation is 1. The molecule has 1 atom stereocenters. The number of β-amino-alcohol motifs (C(OH)–C–C–N with tert-alkyl or cyclic N) is 1. The highest BCUT2D eigenvalue weighted by molar-refractivity contribution is 5.91. The SMILES string of the molecule is Cc1cc(NCCCN2CCC[C@H](O)C2)c2cc(F)ccc2n1. The number of hydrogen-bond donors (Lipinski definition) is 2. The van der Waals surface area contributed by atoms with Gasteiger partial charge in [0.1, 0.15) is 5.82 Å². The molecule has 1 aliphatic rings. The second-order valence-corrected chi connectivity index (χ2v) is 6.35. The number of nitrogens with one attached hydrogen (secondary N) is 1. The lowest BCUT2D eigenvalue weighted by Gasteiger charge is -2.29. The number of hydrogen-bond acceptors (Lipinski definition) is 4. The van der Waals surface area contributed by atoms with Crippen molar-refractivity contribution >= 4 is 16.6 Å². The van der Waals surface area contributed by atoms with E-state index in [0.29, 0.717) is 0 Å². The van der Waals surface area contributed by atoms with Crippen LogP contribution in [0, 0.1) is 12.7 Å². The molecule has 2 aromatic rings. The van der Waals surface area contributed by atoms with Crippen molar-refractivity contribution in [1.82, 2.24) is 9.88 Å². The van der Waals surface area contributed by atoms with Crippen molar-refractivity contribution in [2.75, 3.05) is 31.5 Å². The largest absolute Gasteiger partial charge is 0.392 e. The van der Waals surface area contributed by atoms with Gasteiger partial charge in [0.05, 0.1) is 11.6 Å². The highest BCUT2D eigenvalue weighted by atomic mass is 19.1. The molecule has 1 aromatic carbocycles. The zero-order valence-corrected chi connectivity index (χ0v) is 13.6. The lowest BCUT2D eigenvalue weighted by atomic mass is 10.1. The summed E-state index contributed by atoms with van der Waals surface area (Å²) in [4.78, 5) is 6.76. The number of anilines is 1. The first-order valence-corrected chi connectivity index (χ1v) is 8.33. The lowest BCUT2D eigenvalue weighted by Crippen LogP contribution is -2.39. The average molecular weight is 317 g/mol. The molecule has 3 rings (SSSR count). The number of benzene rings is 1. The number of aliphatic hydroxyl groups is 1. The summed E-state index contributed by atoms with van der Waals surface area (Å²) >= 11 is 0. The summed E-state index contributed by atoms with van der Waals surface area (Å²) < 4.78 is 13.5. The Morgan fingerprint density at radius 3 is 3.09 bits per heavy atom. The van der Waals surface area contributed by atoms with E-state index in [4.69, 9.17) is 0 Å². The van der Waals surface area contributed by atoms with E-state index in [-0.39, 0.29) is 11.9 Å². The zero-order valence-electron chi connectivity index (χ0n) is 13.6. The van der Waals surface area contributed by atoms with Gasteiger partial charge in [-0.2, -0.15) is 0 Å². The topological polar surface area (TPSA) is 48.4 Å². The molecule has 0 saturated carbocycles. The third-order valence-corrected chi connectivity index (χ3v) is 4.35. The molecule has 5 heteroatoms. The molecule has 0 radical (unpaired) electrons. The third kappa shape index (κ3) is 4.18. The third-order valence-electron chi connectivity index (χ3n) is 4.35. The maximum Gasteiger partial charge on any atom is 0.124 e. The minimum absolute atomic E-state index is 0.175. The number of halogens is 1. The molecule has 2 N–H and O–H groups in total. The fourth-order valence-electron chi connectivity index (χ4n) is 3.24. The van der Waals surface area contributed by atoms with Crippen LogP contribution in [0.3, 0.4) is 0 Å². The van der Waals surface area contributed by atoms with Gasteiger partial charge in [-0.25, -0.2) is 4.39 Å². The van der Waals surface area contributed by atoms with E-state index in [1.165, 1.54) is 12.1 Å². The number of fused-ring (bicyclic) bond motifs is 1. The minimum Gasteiger partial charge on any atom is -0.392 e. The van der Waals surface area contributed by atoms with Gasteiger partial charge in [-0.05, 0) is 63.5 Å². The summed E-state index contributed by atoms with van der Waals surface area (Å²) in [5, 5.41) is 13.9. The quantitative estimate of drug-likeness (QED) is 0.833. The van der Waals surface area contributed by atoms with Crippen molar-refractivity contribution in [2.24, 2.45) is 0 Å². The highest BCUT2D eigenvalue weighted by Crippen LogP contribution is 2.24.